The summed E-state index contributed by atoms with van der Waals surface area (Å²) in [6.07, 6.45) is 3.64. The molecule has 2 aromatic heterocycles. The van der Waals surface area contributed by atoms with E-state index in [1.807, 2.05) is 43.9 Å². The molecule has 2 saturated carbocycles. The van der Waals surface area contributed by atoms with E-state index in [1.165, 1.54) is 17.8 Å². The van der Waals surface area contributed by atoms with Gasteiger partial charge in [-0.15, -0.1) is 0 Å². The Kier molecular flexibility index (Phi) is 5.57. The highest BCUT2D eigenvalue weighted by Crippen LogP contribution is 2.52. The first-order chi connectivity index (χ1) is 16.7. The third-order valence-electron chi connectivity index (χ3n) is 6.47. The number of carboxylic acid groups (broad SMARTS) is 1. The largest absolute Gasteiger partial charge is 0.477 e. The number of pyridine rings is 1. The highest BCUT2D eigenvalue weighted by molar-refractivity contribution is 5.85. The molecule has 0 aliphatic heterocycles. The molecule has 2 fully saturated rings. The van der Waals surface area contributed by atoms with Crippen LogP contribution in [0.2, 0.25) is 0 Å². The van der Waals surface area contributed by atoms with Crippen LogP contribution in [0.3, 0.4) is 0 Å². The number of rotatable bonds is 7. The fourth-order valence-corrected chi connectivity index (χ4v) is 4.35. The maximum absolute atomic E-state index is 13.3. The molecular weight excluding hydrogens is 448 g/mol. The molecule has 0 spiro atoms. The first-order valence-corrected chi connectivity index (χ1v) is 11.7. The average molecular weight is 477 g/mol. The molecule has 2 atom stereocenters. The first kappa shape index (κ1) is 23.0. The van der Waals surface area contributed by atoms with Crippen molar-refractivity contribution in [3.63, 3.8) is 0 Å². The molecule has 2 aliphatic rings. The van der Waals surface area contributed by atoms with Crippen LogP contribution in [0, 0.1) is 0 Å². The van der Waals surface area contributed by atoms with E-state index < -0.39 is 17.0 Å². The van der Waals surface area contributed by atoms with Gasteiger partial charge >= 0.3 is 12.1 Å². The smallest absolute Gasteiger partial charge is 0.410 e. The lowest BCUT2D eigenvalue weighted by atomic mass is 10.1. The zero-order chi connectivity index (χ0) is 24.8. The summed E-state index contributed by atoms with van der Waals surface area (Å²) >= 11 is 0. The number of aromatic carboxylic acids is 1. The van der Waals surface area contributed by atoms with Crippen molar-refractivity contribution >= 4 is 12.1 Å². The Morgan fingerprint density at radius 1 is 1.17 bits per heavy atom. The van der Waals surface area contributed by atoms with Gasteiger partial charge in [-0.05, 0) is 57.7 Å². The van der Waals surface area contributed by atoms with Crippen LogP contribution in [0.25, 0.3) is 11.5 Å². The van der Waals surface area contributed by atoms with Gasteiger partial charge in [0.25, 0.3) is 5.89 Å². The second-order valence-electron chi connectivity index (χ2n) is 10.4. The zero-order valence-electron chi connectivity index (χ0n) is 20.0. The SMILES string of the molecule is CC(C)(C)OC(=O)N(CC1(c2noc(-c3ccc(C(=O)O)nc3)n2)CC1)C1CC1c1ccccc1. The molecule has 182 valence electrons. The molecule has 9 nitrogen and oxygen atoms in total. The fourth-order valence-electron chi connectivity index (χ4n) is 4.35. The van der Waals surface area contributed by atoms with Gasteiger partial charge in [0.2, 0.25) is 0 Å². The summed E-state index contributed by atoms with van der Waals surface area (Å²) in [6.45, 7) is 6.05. The minimum absolute atomic E-state index is 0.0578. The van der Waals surface area contributed by atoms with Crippen LogP contribution in [-0.2, 0) is 10.2 Å². The van der Waals surface area contributed by atoms with Crippen molar-refractivity contribution in [2.45, 2.75) is 63.0 Å². The Hall–Kier alpha value is -3.75. The molecule has 9 heteroatoms. The summed E-state index contributed by atoms with van der Waals surface area (Å²) < 4.78 is 11.2. The molecule has 0 saturated heterocycles. The highest BCUT2D eigenvalue weighted by atomic mass is 16.6. The van der Waals surface area contributed by atoms with E-state index in [0.29, 0.717) is 17.9 Å². The maximum Gasteiger partial charge on any atom is 0.410 e. The van der Waals surface area contributed by atoms with Crippen LogP contribution in [0.5, 0.6) is 0 Å². The summed E-state index contributed by atoms with van der Waals surface area (Å²) in [4.78, 5) is 34.7. The zero-order valence-corrected chi connectivity index (χ0v) is 20.0. The standard InChI is InChI=1S/C26H28N4O5/c1-25(2,3)34-24(33)30(20-13-18(20)16-7-5-4-6-8-16)15-26(11-12-26)23-28-21(35-29-23)17-9-10-19(22(31)32)27-14-17/h4-10,14,18,20H,11-13,15H2,1-3H3,(H,31,32). The number of ether oxygens (including phenoxy) is 1. The predicted octanol–water partition coefficient (Wildman–Crippen LogP) is 4.65. The fraction of sp³-hybridized carbons (Fsp3) is 0.423. The van der Waals surface area contributed by atoms with E-state index in [-0.39, 0.29) is 29.6 Å². The van der Waals surface area contributed by atoms with Gasteiger partial charge in [-0.1, -0.05) is 35.5 Å². The monoisotopic (exact) mass is 476 g/mol. The van der Waals surface area contributed by atoms with Gasteiger partial charge in [-0.3, -0.25) is 0 Å². The number of hydrogen-bond donors (Lipinski definition) is 1. The van der Waals surface area contributed by atoms with Crippen molar-refractivity contribution in [2.24, 2.45) is 0 Å². The quantitative estimate of drug-likeness (QED) is 0.523. The average Bonchev–Trinajstić information content (AvgIpc) is 3.73. The molecule has 2 aliphatic carbocycles. The Balaban J connectivity index is 1.36. The van der Waals surface area contributed by atoms with E-state index in [2.05, 4.69) is 27.3 Å². The lowest BCUT2D eigenvalue weighted by Crippen LogP contribution is -2.43. The Labute approximate surface area is 203 Å². The van der Waals surface area contributed by atoms with Crippen molar-refractivity contribution in [2.75, 3.05) is 6.54 Å². The number of amides is 1. The summed E-state index contributed by atoms with van der Waals surface area (Å²) in [5, 5.41) is 13.3. The number of aromatic nitrogens is 3. The number of benzene rings is 1. The van der Waals surface area contributed by atoms with Crippen molar-refractivity contribution in [1.29, 1.82) is 0 Å². The number of carbonyl (C=O) groups is 2. The highest BCUT2D eigenvalue weighted by Gasteiger charge is 2.55. The molecule has 0 radical (unpaired) electrons. The molecular formula is C26H28N4O5. The van der Waals surface area contributed by atoms with Gasteiger partial charge in [0.1, 0.15) is 11.3 Å². The second kappa shape index (κ2) is 8.48. The third-order valence-corrected chi connectivity index (χ3v) is 6.47. The van der Waals surface area contributed by atoms with Gasteiger partial charge in [0.05, 0.1) is 11.0 Å². The minimum Gasteiger partial charge on any atom is -0.477 e. The molecule has 1 amide bonds. The summed E-state index contributed by atoms with van der Waals surface area (Å²) in [5.41, 5.74) is 0.710. The van der Waals surface area contributed by atoms with Crippen molar-refractivity contribution in [1.82, 2.24) is 20.0 Å². The van der Waals surface area contributed by atoms with E-state index >= 15 is 0 Å². The topological polar surface area (TPSA) is 119 Å². The van der Waals surface area contributed by atoms with Gasteiger partial charge < -0.3 is 19.3 Å². The van der Waals surface area contributed by atoms with E-state index in [1.54, 1.807) is 6.07 Å². The van der Waals surface area contributed by atoms with Crippen molar-refractivity contribution in [3.05, 3.63) is 65.7 Å². The van der Waals surface area contributed by atoms with Crippen molar-refractivity contribution in [3.8, 4) is 11.5 Å². The number of carboxylic acids is 1. The van der Waals surface area contributed by atoms with Crippen molar-refractivity contribution < 1.29 is 24.0 Å². The third kappa shape index (κ3) is 4.89. The van der Waals surface area contributed by atoms with E-state index in [4.69, 9.17) is 14.4 Å². The molecule has 0 bridgehead atoms. The molecule has 2 unspecified atom stereocenters. The second-order valence-corrected chi connectivity index (χ2v) is 10.4. The normalized spacial score (nSPS) is 20.2. The molecule has 1 N–H and O–H groups in total. The van der Waals surface area contributed by atoms with Crippen LogP contribution in [-0.4, -0.2) is 55.4 Å². The van der Waals surface area contributed by atoms with Crippen LogP contribution in [0.1, 0.15) is 67.8 Å². The molecule has 3 aromatic rings. The lowest BCUT2D eigenvalue weighted by Gasteiger charge is -2.30. The Morgan fingerprint density at radius 3 is 2.51 bits per heavy atom. The van der Waals surface area contributed by atoms with Gasteiger partial charge in [0.15, 0.2) is 5.82 Å². The Bertz CT molecular complexity index is 1230. The maximum atomic E-state index is 13.3. The summed E-state index contributed by atoms with van der Waals surface area (Å²) in [7, 11) is 0. The Morgan fingerprint density at radius 2 is 1.91 bits per heavy atom. The van der Waals surface area contributed by atoms with Crippen LogP contribution >= 0.6 is 0 Å². The molecule has 1 aromatic carbocycles. The summed E-state index contributed by atoms with van der Waals surface area (Å²) in [6, 6.07) is 13.3. The molecule has 2 heterocycles. The van der Waals surface area contributed by atoms with Gasteiger partial charge in [-0.2, -0.15) is 4.98 Å². The van der Waals surface area contributed by atoms with Crippen LogP contribution < -0.4 is 0 Å². The summed E-state index contributed by atoms with van der Waals surface area (Å²) in [5.74, 6) is -0.0108. The van der Waals surface area contributed by atoms with Gasteiger partial charge in [0, 0.05) is 24.7 Å². The number of nitrogens with zero attached hydrogens (tertiary/aromatic N) is 4. The lowest BCUT2D eigenvalue weighted by molar-refractivity contribution is 0.0208. The molecule has 5 rings (SSSR count). The van der Waals surface area contributed by atoms with E-state index in [9.17, 15) is 9.59 Å². The van der Waals surface area contributed by atoms with Crippen LogP contribution in [0.15, 0.2) is 53.2 Å². The molecule has 35 heavy (non-hydrogen) atoms. The van der Waals surface area contributed by atoms with Gasteiger partial charge in [-0.25, -0.2) is 14.6 Å². The van der Waals surface area contributed by atoms with Crippen LogP contribution in [0.4, 0.5) is 4.79 Å². The van der Waals surface area contributed by atoms with E-state index in [0.717, 1.165) is 19.3 Å². The predicted molar refractivity (Wildman–Crippen MR) is 126 cm³/mol. The minimum atomic E-state index is -1.10. The first-order valence-electron chi connectivity index (χ1n) is 11.7. The number of carbonyl (C=O) groups excluding carboxylic acids is 1. The number of hydrogen-bond acceptors (Lipinski definition) is 7.